The zero-order valence-corrected chi connectivity index (χ0v) is 18.6. The average molecular weight is 488 g/mol. The van der Waals surface area contributed by atoms with Gasteiger partial charge in [-0.15, -0.1) is 11.3 Å². The van der Waals surface area contributed by atoms with Crippen molar-refractivity contribution < 1.29 is 37.3 Å². The largest absolute Gasteiger partial charge is 0.496 e. The summed E-state index contributed by atoms with van der Waals surface area (Å²) >= 11 is 1.43. The van der Waals surface area contributed by atoms with Crippen molar-refractivity contribution in [3.63, 3.8) is 0 Å². The van der Waals surface area contributed by atoms with Crippen molar-refractivity contribution in [3.8, 4) is 5.75 Å². The van der Waals surface area contributed by atoms with E-state index in [2.05, 4.69) is 21.3 Å². The number of carboxylic acid groups (broad SMARTS) is 1. The summed E-state index contributed by atoms with van der Waals surface area (Å²) in [6.45, 7) is 4.13. The number of methoxy groups -OCH3 is 1. The first-order chi connectivity index (χ1) is 15.7. The minimum Gasteiger partial charge on any atom is -0.496 e. The minimum atomic E-state index is -5.08. The highest BCUT2D eigenvalue weighted by atomic mass is 32.1. The maximum Gasteiger partial charge on any atom is 0.490 e. The monoisotopic (exact) mass is 487 g/mol. The van der Waals surface area contributed by atoms with Gasteiger partial charge in [-0.05, 0) is 6.07 Å². The van der Waals surface area contributed by atoms with Crippen molar-refractivity contribution in [1.29, 1.82) is 0 Å². The number of amides is 1. The number of likely N-dealkylation sites (tertiary alicyclic amines) is 1. The van der Waals surface area contributed by atoms with Crippen molar-refractivity contribution in [2.24, 2.45) is 11.8 Å². The molecule has 1 amide bonds. The highest BCUT2D eigenvalue weighted by Gasteiger charge is 2.43. The normalized spacial score (nSPS) is 22.2. The Bertz CT molecular complexity index is 941. The second-order valence-corrected chi connectivity index (χ2v) is 8.41. The van der Waals surface area contributed by atoms with Gasteiger partial charge in [0.15, 0.2) is 0 Å². The number of alkyl halides is 3. The lowest BCUT2D eigenvalue weighted by Gasteiger charge is -2.20. The molecule has 3 atom stereocenters. The van der Waals surface area contributed by atoms with Gasteiger partial charge in [-0.25, -0.2) is 9.78 Å². The Morgan fingerprint density at radius 1 is 1.33 bits per heavy atom. The number of ether oxygens (including phenoxy) is 2. The third-order valence-corrected chi connectivity index (χ3v) is 6.12. The Hall–Kier alpha value is -2.70. The van der Waals surface area contributed by atoms with E-state index in [1.54, 1.807) is 18.0 Å². The molecule has 8 nitrogen and oxygen atoms in total. The highest BCUT2D eigenvalue weighted by Crippen LogP contribution is 2.34. The van der Waals surface area contributed by atoms with Crippen molar-refractivity contribution in [1.82, 2.24) is 15.2 Å². The predicted octanol–water partition coefficient (Wildman–Crippen LogP) is 2.66. The van der Waals surface area contributed by atoms with Crippen molar-refractivity contribution >= 4 is 23.2 Å². The third-order valence-electron chi connectivity index (χ3n) is 5.53. The van der Waals surface area contributed by atoms with Gasteiger partial charge >= 0.3 is 12.1 Å². The number of fused-ring (bicyclic) bond motifs is 1. The van der Waals surface area contributed by atoms with E-state index < -0.39 is 12.1 Å². The number of aromatic nitrogens is 1. The number of carbonyl (C=O) groups is 2. The molecule has 1 aromatic carbocycles. The van der Waals surface area contributed by atoms with Crippen LogP contribution in [0.15, 0.2) is 35.2 Å². The Kier molecular flexibility index (Phi) is 8.27. The molecule has 2 aromatic rings. The standard InChI is InChI=1S/C19H23N3O3S.C2HF3O2/c1-24-17-5-3-2-4-13(17)7-22-8-15-14(10-25-18(15)9-22)6-20-19(23)16-11-26-12-21-16;3-2(4,5)1(6)7/h2-5,11-12,14-15,18H,6-10H2,1H3,(H,20,23);(H,6,7)/t14-,15-,18-;/m1./s1. The number of benzene rings is 1. The topological polar surface area (TPSA) is 101 Å². The summed E-state index contributed by atoms with van der Waals surface area (Å²) in [5.74, 6) is -1.12. The third kappa shape index (κ3) is 6.65. The number of thiazole rings is 1. The molecule has 12 heteroatoms. The number of nitrogens with one attached hydrogen (secondary N) is 1. The Balaban J connectivity index is 0.000000383. The van der Waals surface area contributed by atoms with Crippen LogP contribution in [0.4, 0.5) is 13.2 Å². The number of aliphatic carboxylic acids is 1. The summed E-state index contributed by atoms with van der Waals surface area (Å²) in [6, 6.07) is 8.15. The van der Waals surface area contributed by atoms with E-state index in [0.29, 0.717) is 24.1 Å². The lowest BCUT2D eigenvalue weighted by molar-refractivity contribution is -0.192. The van der Waals surface area contributed by atoms with Crippen LogP contribution in [-0.4, -0.2) is 72.5 Å². The molecule has 2 fully saturated rings. The average Bonchev–Trinajstić information content (AvgIpc) is 3.50. The van der Waals surface area contributed by atoms with Gasteiger partial charge < -0.3 is 19.9 Å². The molecule has 33 heavy (non-hydrogen) atoms. The number of nitrogens with zero attached hydrogens (tertiary/aromatic N) is 2. The molecule has 0 saturated carbocycles. The van der Waals surface area contributed by atoms with Crippen LogP contribution >= 0.6 is 11.3 Å². The number of carbonyl (C=O) groups excluding carboxylic acids is 1. The van der Waals surface area contributed by atoms with E-state index in [1.807, 2.05) is 18.2 Å². The fourth-order valence-electron chi connectivity index (χ4n) is 3.93. The van der Waals surface area contributed by atoms with Crippen molar-refractivity contribution in [2.75, 3.05) is 33.4 Å². The summed E-state index contributed by atoms with van der Waals surface area (Å²) in [6.07, 6.45) is -4.83. The first kappa shape index (κ1) is 24.9. The maximum absolute atomic E-state index is 12.1. The molecule has 0 spiro atoms. The summed E-state index contributed by atoms with van der Waals surface area (Å²) in [7, 11) is 1.71. The SMILES string of the molecule is COc1ccccc1CN1C[C@@H]2[C@H](CNC(=O)c3cscn3)CO[C@@H]2C1.O=C(O)C(F)(F)F. The summed E-state index contributed by atoms with van der Waals surface area (Å²) in [4.78, 5) is 27.5. The van der Waals surface area contributed by atoms with Gasteiger partial charge in [0, 0.05) is 49.0 Å². The molecule has 2 aliphatic heterocycles. The molecular weight excluding hydrogens is 463 g/mol. The molecule has 4 rings (SSSR count). The predicted molar refractivity (Wildman–Crippen MR) is 113 cm³/mol. The molecule has 3 heterocycles. The van der Waals surface area contributed by atoms with Gasteiger partial charge in [0.25, 0.3) is 5.91 Å². The van der Waals surface area contributed by atoms with E-state index in [4.69, 9.17) is 19.4 Å². The fourth-order valence-corrected chi connectivity index (χ4v) is 4.46. The van der Waals surface area contributed by atoms with Crippen LogP contribution in [0.1, 0.15) is 16.1 Å². The van der Waals surface area contributed by atoms with Crippen molar-refractivity contribution in [2.45, 2.75) is 18.8 Å². The first-order valence-electron chi connectivity index (χ1n) is 10.1. The van der Waals surface area contributed by atoms with Crippen LogP contribution in [0.5, 0.6) is 5.75 Å². The molecule has 180 valence electrons. The van der Waals surface area contributed by atoms with Gasteiger partial charge in [0.2, 0.25) is 0 Å². The summed E-state index contributed by atoms with van der Waals surface area (Å²) < 4.78 is 43.2. The molecule has 2 N–H and O–H groups in total. The van der Waals surface area contributed by atoms with Gasteiger partial charge in [0.1, 0.15) is 11.4 Å². The van der Waals surface area contributed by atoms with Crippen LogP contribution in [-0.2, 0) is 16.1 Å². The van der Waals surface area contributed by atoms with Crippen LogP contribution in [0.2, 0.25) is 0 Å². The van der Waals surface area contributed by atoms with Gasteiger partial charge in [0.05, 0.1) is 25.3 Å². The van der Waals surface area contributed by atoms with Crippen LogP contribution in [0, 0.1) is 11.8 Å². The molecule has 0 bridgehead atoms. The van der Waals surface area contributed by atoms with E-state index in [0.717, 1.165) is 32.0 Å². The molecule has 0 radical (unpaired) electrons. The maximum atomic E-state index is 12.1. The number of hydrogen-bond acceptors (Lipinski definition) is 7. The smallest absolute Gasteiger partial charge is 0.490 e. The number of carboxylic acids is 1. The quantitative estimate of drug-likeness (QED) is 0.646. The summed E-state index contributed by atoms with van der Waals surface area (Å²) in [5, 5.41) is 11.9. The Morgan fingerprint density at radius 2 is 2.06 bits per heavy atom. The minimum absolute atomic E-state index is 0.0985. The molecular formula is C21H24F3N3O5S. The summed E-state index contributed by atoms with van der Waals surface area (Å²) in [5.41, 5.74) is 3.37. The number of para-hydroxylation sites is 1. The molecule has 2 aliphatic rings. The Labute approximate surface area is 192 Å². The van der Waals surface area contributed by atoms with Crippen LogP contribution in [0.3, 0.4) is 0 Å². The number of hydrogen-bond donors (Lipinski definition) is 2. The van der Waals surface area contributed by atoms with Crippen LogP contribution < -0.4 is 10.1 Å². The van der Waals surface area contributed by atoms with E-state index in [-0.39, 0.29) is 12.0 Å². The fraction of sp³-hybridized carbons (Fsp3) is 0.476. The van der Waals surface area contributed by atoms with E-state index in [1.165, 1.54) is 16.9 Å². The number of halogens is 3. The Morgan fingerprint density at radius 3 is 2.70 bits per heavy atom. The number of rotatable bonds is 6. The first-order valence-corrected chi connectivity index (χ1v) is 11.1. The van der Waals surface area contributed by atoms with Crippen molar-refractivity contribution in [3.05, 3.63) is 46.4 Å². The second kappa shape index (κ2) is 10.9. The molecule has 2 saturated heterocycles. The van der Waals surface area contributed by atoms with E-state index >= 15 is 0 Å². The highest BCUT2D eigenvalue weighted by molar-refractivity contribution is 7.07. The van der Waals surface area contributed by atoms with Crippen LogP contribution in [0.25, 0.3) is 0 Å². The van der Waals surface area contributed by atoms with Gasteiger partial charge in [-0.1, -0.05) is 18.2 Å². The zero-order valence-electron chi connectivity index (χ0n) is 17.7. The molecule has 1 aromatic heterocycles. The lowest BCUT2D eigenvalue weighted by Crippen LogP contribution is -2.34. The van der Waals surface area contributed by atoms with E-state index in [9.17, 15) is 18.0 Å². The molecule has 0 unspecified atom stereocenters. The van der Waals surface area contributed by atoms with Gasteiger partial charge in [-0.2, -0.15) is 13.2 Å². The van der Waals surface area contributed by atoms with Gasteiger partial charge in [-0.3, -0.25) is 9.69 Å². The zero-order chi connectivity index (χ0) is 24.0. The molecule has 0 aliphatic carbocycles. The lowest BCUT2D eigenvalue weighted by atomic mass is 9.93. The second-order valence-electron chi connectivity index (χ2n) is 7.69.